The topological polar surface area (TPSA) is 106 Å². The molecule has 0 bridgehead atoms. The lowest BCUT2D eigenvalue weighted by molar-refractivity contribution is 0.101. The molecule has 2 heterocycles. The Labute approximate surface area is 146 Å². The number of fused-ring (bicyclic) bond motifs is 1. The zero-order valence-corrected chi connectivity index (χ0v) is 14.5. The number of hydrogen-bond donors (Lipinski definition) is 1. The van der Waals surface area contributed by atoms with Crippen LogP contribution in [-0.2, 0) is 9.84 Å². The van der Waals surface area contributed by atoms with Gasteiger partial charge in [-0.3, -0.25) is 4.79 Å². The maximum absolute atomic E-state index is 12.8. The number of nitrogens with zero attached hydrogens (tertiary/aromatic N) is 4. The van der Waals surface area contributed by atoms with Crippen molar-refractivity contribution in [2.75, 3.05) is 5.32 Å². The number of hydrogen-bond acceptors (Lipinski definition) is 6. The highest BCUT2D eigenvalue weighted by atomic mass is 32.2. The molecule has 0 aliphatic carbocycles. The molecule has 136 valence electrons. The summed E-state index contributed by atoms with van der Waals surface area (Å²) in [5.41, 5.74) is 1.10. The van der Waals surface area contributed by atoms with E-state index in [1.807, 2.05) is 0 Å². The molecular weight excluding hydrogens is 368 g/mol. The number of amides is 1. The Hall–Kier alpha value is -2.95. The van der Waals surface area contributed by atoms with Gasteiger partial charge in [-0.2, -0.15) is 13.8 Å². The van der Waals surface area contributed by atoms with Crippen LogP contribution >= 0.6 is 0 Å². The lowest BCUT2D eigenvalue weighted by atomic mass is 10.3. The second-order valence-electron chi connectivity index (χ2n) is 5.44. The Bertz CT molecular complexity index is 1110. The van der Waals surface area contributed by atoms with E-state index in [9.17, 15) is 22.0 Å². The summed E-state index contributed by atoms with van der Waals surface area (Å²) in [5.74, 6) is -4.52. The minimum atomic E-state index is -4.88. The SMILES string of the molecule is Cc1cc(C)n2nc(C(=O)Nc3ccccc3S(=O)(=O)C(F)F)nc2n1. The molecule has 0 saturated heterocycles. The van der Waals surface area contributed by atoms with Crippen molar-refractivity contribution in [2.24, 2.45) is 0 Å². The van der Waals surface area contributed by atoms with E-state index in [-0.39, 0.29) is 17.3 Å². The Morgan fingerprint density at radius 3 is 2.58 bits per heavy atom. The Morgan fingerprint density at radius 2 is 1.88 bits per heavy atom. The molecule has 1 amide bonds. The van der Waals surface area contributed by atoms with Gasteiger partial charge in [-0.05, 0) is 32.0 Å². The van der Waals surface area contributed by atoms with Gasteiger partial charge in [-0.25, -0.2) is 17.9 Å². The molecule has 0 atom stereocenters. The average molecular weight is 381 g/mol. The summed E-state index contributed by atoms with van der Waals surface area (Å²) in [4.78, 5) is 19.8. The number of sulfone groups is 1. The number of nitrogens with one attached hydrogen (secondary N) is 1. The van der Waals surface area contributed by atoms with E-state index in [2.05, 4.69) is 20.4 Å². The maximum Gasteiger partial charge on any atom is 0.341 e. The highest BCUT2D eigenvalue weighted by molar-refractivity contribution is 7.91. The molecule has 1 aromatic carbocycles. The summed E-state index contributed by atoms with van der Waals surface area (Å²) in [5, 5.41) is 6.28. The summed E-state index contributed by atoms with van der Waals surface area (Å²) in [6.45, 7) is 3.51. The molecular formula is C15H13F2N5O3S. The summed E-state index contributed by atoms with van der Waals surface area (Å²) >= 11 is 0. The van der Waals surface area contributed by atoms with Crippen LogP contribution in [0.15, 0.2) is 35.2 Å². The molecule has 0 saturated carbocycles. The molecule has 3 rings (SSSR count). The van der Waals surface area contributed by atoms with Gasteiger partial charge < -0.3 is 5.32 Å². The van der Waals surface area contributed by atoms with E-state index in [1.54, 1.807) is 19.9 Å². The van der Waals surface area contributed by atoms with Gasteiger partial charge in [0.05, 0.1) is 10.6 Å². The number of rotatable bonds is 4. The second-order valence-corrected chi connectivity index (χ2v) is 7.33. The van der Waals surface area contributed by atoms with E-state index in [0.29, 0.717) is 11.4 Å². The van der Waals surface area contributed by atoms with Crippen LogP contribution in [-0.4, -0.2) is 39.7 Å². The van der Waals surface area contributed by atoms with Crippen LogP contribution in [0, 0.1) is 13.8 Å². The van der Waals surface area contributed by atoms with Crippen molar-refractivity contribution in [1.29, 1.82) is 0 Å². The third-order valence-corrected chi connectivity index (χ3v) is 4.94. The van der Waals surface area contributed by atoms with Crippen molar-refractivity contribution < 1.29 is 22.0 Å². The monoisotopic (exact) mass is 381 g/mol. The Morgan fingerprint density at radius 1 is 1.19 bits per heavy atom. The molecule has 0 spiro atoms. The third kappa shape index (κ3) is 3.12. The van der Waals surface area contributed by atoms with Gasteiger partial charge in [0.1, 0.15) is 0 Å². The molecule has 1 N–H and O–H groups in total. The first-order valence-electron chi connectivity index (χ1n) is 7.33. The molecule has 8 nitrogen and oxygen atoms in total. The number of aromatic nitrogens is 4. The highest BCUT2D eigenvalue weighted by Crippen LogP contribution is 2.26. The van der Waals surface area contributed by atoms with Crippen LogP contribution in [0.5, 0.6) is 0 Å². The predicted octanol–water partition coefficient (Wildman–Crippen LogP) is 1.99. The Kier molecular flexibility index (Phi) is 4.40. The maximum atomic E-state index is 12.8. The van der Waals surface area contributed by atoms with Crippen molar-refractivity contribution in [3.63, 3.8) is 0 Å². The summed E-state index contributed by atoms with van der Waals surface area (Å²) in [6.07, 6.45) is 0. The third-order valence-electron chi connectivity index (χ3n) is 3.50. The van der Waals surface area contributed by atoms with Crippen molar-refractivity contribution in [2.45, 2.75) is 24.5 Å². The zero-order chi connectivity index (χ0) is 19.1. The standard InChI is InChI=1S/C15H13F2N5O3S/c1-8-7-9(2)22-15(18-8)20-12(21-22)13(23)19-10-5-3-4-6-11(10)26(24,25)14(16)17/h3-7,14H,1-2H3,(H,19,23). The van der Waals surface area contributed by atoms with Crippen molar-refractivity contribution in [3.8, 4) is 0 Å². The zero-order valence-electron chi connectivity index (χ0n) is 13.6. The lowest BCUT2D eigenvalue weighted by Gasteiger charge is -2.10. The first-order valence-corrected chi connectivity index (χ1v) is 8.88. The van der Waals surface area contributed by atoms with Crippen LogP contribution < -0.4 is 5.32 Å². The van der Waals surface area contributed by atoms with Crippen LogP contribution in [0.3, 0.4) is 0 Å². The molecule has 2 aromatic heterocycles. The fourth-order valence-electron chi connectivity index (χ4n) is 2.35. The number of para-hydroxylation sites is 1. The Balaban J connectivity index is 1.98. The normalized spacial score (nSPS) is 11.9. The summed E-state index contributed by atoms with van der Waals surface area (Å²) in [7, 11) is -4.88. The molecule has 11 heteroatoms. The van der Waals surface area contributed by atoms with Crippen LogP contribution in [0.4, 0.5) is 14.5 Å². The quantitative estimate of drug-likeness (QED) is 0.741. The second kappa shape index (κ2) is 6.41. The molecule has 0 fully saturated rings. The van der Waals surface area contributed by atoms with Crippen LogP contribution in [0.1, 0.15) is 22.0 Å². The molecule has 0 aliphatic rings. The van der Waals surface area contributed by atoms with E-state index in [0.717, 1.165) is 6.07 Å². The lowest BCUT2D eigenvalue weighted by Crippen LogP contribution is -2.18. The summed E-state index contributed by atoms with van der Waals surface area (Å²) < 4.78 is 50.5. The van der Waals surface area contributed by atoms with Gasteiger partial charge in [-0.15, -0.1) is 5.10 Å². The number of alkyl halides is 2. The van der Waals surface area contributed by atoms with E-state index >= 15 is 0 Å². The van der Waals surface area contributed by atoms with E-state index < -0.39 is 26.4 Å². The number of aryl methyl sites for hydroxylation is 2. The van der Waals surface area contributed by atoms with Gasteiger partial charge in [0, 0.05) is 11.4 Å². The fraction of sp³-hybridized carbons (Fsp3) is 0.200. The predicted molar refractivity (Wildman–Crippen MR) is 87.8 cm³/mol. The number of anilines is 1. The fourth-order valence-corrected chi connectivity index (χ4v) is 3.24. The van der Waals surface area contributed by atoms with E-state index in [4.69, 9.17) is 0 Å². The minimum Gasteiger partial charge on any atom is -0.318 e. The summed E-state index contributed by atoms with van der Waals surface area (Å²) in [6, 6.07) is 6.63. The van der Waals surface area contributed by atoms with Gasteiger partial charge in [0.2, 0.25) is 15.7 Å². The average Bonchev–Trinajstić information content (AvgIpc) is 2.99. The largest absolute Gasteiger partial charge is 0.341 e. The smallest absolute Gasteiger partial charge is 0.318 e. The number of benzene rings is 1. The molecule has 0 radical (unpaired) electrons. The first-order chi connectivity index (χ1) is 12.2. The highest BCUT2D eigenvalue weighted by Gasteiger charge is 2.30. The van der Waals surface area contributed by atoms with Crippen molar-refractivity contribution in [1.82, 2.24) is 19.6 Å². The van der Waals surface area contributed by atoms with Crippen LogP contribution in [0.25, 0.3) is 5.78 Å². The molecule has 0 aliphatic heterocycles. The molecule has 26 heavy (non-hydrogen) atoms. The minimum absolute atomic E-state index is 0.195. The van der Waals surface area contributed by atoms with Crippen LogP contribution in [0.2, 0.25) is 0 Å². The van der Waals surface area contributed by atoms with Gasteiger partial charge >= 0.3 is 5.76 Å². The first kappa shape index (κ1) is 17.9. The molecule has 0 unspecified atom stereocenters. The van der Waals surface area contributed by atoms with E-state index in [1.165, 1.54) is 22.7 Å². The number of carbonyl (C=O) groups excluding carboxylic acids is 1. The van der Waals surface area contributed by atoms with Gasteiger partial charge in [0.25, 0.3) is 11.7 Å². The van der Waals surface area contributed by atoms with Crippen molar-refractivity contribution in [3.05, 3.63) is 47.5 Å². The molecule has 3 aromatic rings. The number of carbonyl (C=O) groups is 1. The van der Waals surface area contributed by atoms with Crippen molar-refractivity contribution >= 4 is 27.2 Å². The van der Waals surface area contributed by atoms with Gasteiger partial charge in [-0.1, -0.05) is 12.1 Å². The van der Waals surface area contributed by atoms with Gasteiger partial charge in [0.15, 0.2) is 0 Å². The number of halogens is 2.